The minimum Gasteiger partial charge on any atom is -0.473 e. The summed E-state index contributed by atoms with van der Waals surface area (Å²) < 4.78 is 8.02. The number of nitrogens with zero attached hydrogens (tertiary/aromatic N) is 2. The molecule has 4 nitrogen and oxygen atoms in total. The summed E-state index contributed by atoms with van der Waals surface area (Å²) in [4.78, 5) is 0. The highest BCUT2D eigenvalue weighted by Gasteiger charge is 2.33. The van der Waals surface area contributed by atoms with Gasteiger partial charge in [-0.05, 0) is 37.5 Å². The van der Waals surface area contributed by atoms with Gasteiger partial charge in [0.15, 0.2) is 0 Å². The molecular weight excluding hydrogens is 238 g/mol. The number of nitrogen functional groups attached to an aromatic ring is 1. The highest BCUT2D eigenvalue weighted by atomic mass is 16.5. The summed E-state index contributed by atoms with van der Waals surface area (Å²) in [5.74, 6) is 2.73. The predicted octanol–water partition coefficient (Wildman–Crippen LogP) is 3.15. The zero-order chi connectivity index (χ0) is 14.2. The van der Waals surface area contributed by atoms with E-state index in [-0.39, 0.29) is 6.10 Å². The van der Waals surface area contributed by atoms with Gasteiger partial charge in [0.05, 0.1) is 5.69 Å². The van der Waals surface area contributed by atoms with Gasteiger partial charge in [-0.2, -0.15) is 5.10 Å². The highest BCUT2D eigenvalue weighted by molar-refractivity contribution is 5.52. The number of hydrogen-bond donors (Lipinski definition) is 1. The molecule has 1 fully saturated rings. The number of aryl methyl sites for hydroxylation is 2. The third-order valence-electron chi connectivity index (χ3n) is 4.44. The Balaban J connectivity index is 2.18. The Bertz CT molecular complexity index is 439. The Kier molecular flexibility index (Phi) is 4.07. The van der Waals surface area contributed by atoms with E-state index in [0.717, 1.165) is 23.9 Å². The van der Waals surface area contributed by atoms with Gasteiger partial charge in [0.25, 0.3) is 0 Å². The fourth-order valence-corrected chi connectivity index (χ4v) is 3.19. The molecule has 1 aromatic heterocycles. The minimum absolute atomic E-state index is 0.265. The summed E-state index contributed by atoms with van der Waals surface area (Å²) in [6.45, 7) is 8.81. The van der Waals surface area contributed by atoms with Crippen LogP contribution in [-0.4, -0.2) is 15.9 Å². The lowest BCUT2D eigenvalue weighted by Gasteiger charge is -2.37. The van der Waals surface area contributed by atoms with Crippen LogP contribution < -0.4 is 10.5 Å². The maximum absolute atomic E-state index is 6.26. The summed E-state index contributed by atoms with van der Waals surface area (Å²) >= 11 is 0. The van der Waals surface area contributed by atoms with Gasteiger partial charge in [-0.25, -0.2) is 4.68 Å². The van der Waals surface area contributed by atoms with Crippen molar-refractivity contribution >= 4 is 5.69 Å². The Morgan fingerprint density at radius 3 is 2.58 bits per heavy atom. The van der Waals surface area contributed by atoms with Gasteiger partial charge in [0.2, 0.25) is 5.88 Å². The van der Waals surface area contributed by atoms with Crippen molar-refractivity contribution in [2.24, 2.45) is 24.8 Å². The second-order valence-corrected chi connectivity index (χ2v) is 6.41. The summed E-state index contributed by atoms with van der Waals surface area (Å²) in [5.41, 5.74) is 7.60. The van der Waals surface area contributed by atoms with Crippen molar-refractivity contribution in [3.63, 3.8) is 0 Å². The van der Waals surface area contributed by atoms with Crippen LogP contribution in [-0.2, 0) is 7.05 Å². The summed E-state index contributed by atoms with van der Waals surface area (Å²) in [6, 6.07) is 0. The van der Waals surface area contributed by atoms with Gasteiger partial charge in [0.1, 0.15) is 11.8 Å². The molecule has 1 aliphatic carbocycles. The van der Waals surface area contributed by atoms with E-state index in [1.165, 1.54) is 12.8 Å². The lowest BCUT2D eigenvalue weighted by molar-refractivity contribution is 0.0401. The third-order valence-corrected chi connectivity index (χ3v) is 4.44. The van der Waals surface area contributed by atoms with Crippen LogP contribution in [0.3, 0.4) is 0 Å². The van der Waals surface area contributed by atoms with E-state index < -0.39 is 0 Å². The van der Waals surface area contributed by atoms with E-state index in [1.54, 1.807) is 4.68 Å². The molecule has 0 amide bonds. The maximum atomic E-state index is 6.26. The molecule has 1 saturated carbocycles. The second kappa shape index (κ2) is 5.43. The number of ether oxygens (including phenoxy) is 1. The van der Waals surface area contributed by atoms with E-state index >= 15 is 0 Å². The molecule has 108 valence electrons. The Hall–Kier alpha value is -1.19. The molecule has 1 aliphatic rings. The first-order valence-electron chi connectivity index (χ1n) is 7.35. The smallest absolute Gasteiger partial charge is 0.236 e. The molecule has 0 bridgehead atoms. The van der Waals surface area contributed by atoms with Gasteiger partial charge in [-0.1, -0.05) is 27.2 Å². The van der Waals surface area contributed by atoms with Crippen LogP contribution in [0.15, 0.2) is 0 Å². The van der Waals surface area contributed by atoms with Crippen LogP contribution in [0, 0.1) is 24.7 Å². The Labute approximate surface area is 116 Å². The van der Waals surface area contributed by atoms with Gasteiger partial charge in [-0.15, -0.1) is 0 Å². The van der Waals surface area contributed by atoms with Crippen molar-refractivity contribution in [3.05, 3.63) is 5.69 Å². The molecule has 19 heavy (non-hydrogen) atoms. The molecule has 4 heteroatoms. The fourth-order valence-electron chi connectivity index (χ4n) is 3.19. The van der Waals surface area contributed by atoms with E-state index in [0.29, 0.717) is 17.5 Å². The minimum atomic E-state index is 0.265. The normalized spacial score (nSPS) is 27.8. The lowest BCUT2D eigenvalue weighted by atomic mass is 9.75. The van der Waals surface area contributed by atoms with Crippen LogP contribution in [0.4, 0.5) is 5.69 Å². The second-order valence-electron chi connectivity index (χ2n) is 6.41. The zero-order valence-electron chi connectivity index (χ0n) is 12.8. The van der Waals surface area contributed by atoms with Crippen molar-refractivity contribution in [2.75, 3.05) is 5.73 Å². The first-order valence-corrected chi connectivity index (χ1v) is 7.35. The van der Waals surface area contributed by atoms with Crippen molar-refractivity contribution in [1.82, 2.24) is 9.78 Å². The molecule has 2 rings (SSSR count). The van der Waals surface area contributed by atoms with E-state index in [1.807, 2.05) is 14.0 Å². The standard InChI is InChI=1S/C15H27N3O/c1-9(2)12-7-6-10(3)8-13(12)19-15-14(16)11(4)17-18(15)5/h9-10,12-13H,6-8,16H2,1-5H3. The molecule has 3 atom stereocenters. The first-order chi connectivity index (χ1) is 8.90. The number of aromatic nitrogens is 2. The van der Waals surface area contributed by atoms with E-state index in [4.69, 9.17) is 10.5 Å². The molecule has 3 unspecified atom stereocenters. The van der Waals surface area contributed by atoms with Crippen LogP contribution in [0.1, 0.15) is 45.7 Å². The summed E-state index contributed by atoms with van der Waals surface area (Å²) in [6.07, 6.45) is 3.94. The van der Waals surface area contributed by atoms with Gasteiger partial charge in [-0.3, -0.25) is 0 Å². The van der Waals surface area contributed by atoms with Gasteiger partial charge < -0.3 is 10.5 Å². The highest BCUT2D eigenvalue weighted by Crippen LogP contribution is 2.37. The number of rotatable bonds is 3. The molecule has 2 N–H and O–H groups in total. The topological polar surface area (TPSA) is 53.1 Å². The molecule has 0 aliphatic heterocycles. The predicted molar refractivity (Wildman–Crippen MR) is 78.1 cm³/mol. The largest absolute Gasteiger partial charge is 0.473 e. The van der Waals surface area contributed by atoms with Crippen molar-refractivity contribution in [3.8, 4) is 5.88 Å². The molecule has 0 saturated heterocycles. The molecular formula is C15H27N3O. The number of hydrogen-bond acceptors (Lipinski definition) is 3. The fraction of sp³-hybridized carbons (Fsp3) is 0.800. The lowest BCUT2D eigenvalue weighted by Crippen LogP contribution is -2.36. The van der Waals surface area contributed by atoms with E-state index in [2.05, 4.69) is 25.9 Å². The Morgan fingerprint density at radius 1 is 1.37 bits per heavy atom. The average Bonchev–Trinajstić information content (AvgIpc) is 2.56. The van der Waals surface area contributed by atoms with Crippen molar-refractivity contribution < 1.29 is 4.74 Å². The summed E-state index contributed by atoms with van der Waals surface area (Å²) in [5, 5.41) is 4.33. The molecule has 1 aromatic rings. The monoisotopic (exact) mass is 265 g/mol. The Morgan fingerprint density at radius 2 is 2.05 bits per heavy atom. The third kappa shape index (κ3) is 2.88. The molecule has 1 heterocycles. The molecule has 0 spiro atoms. The number of anilines is 1. The van der Waals surface area contributed by atoms with E-state index in [9.17, 15) is 0 Å². The SMILES string of the molecule is Cc1nn(C)c(OC2CC(C)CCC2C(C)C)c1N. The quantitative estimate of drug-likeness (QED) is 0.913. The van der Waals surface area contributed by atoms with Crippen LogP contribution in [0.25, 0.3) is 0 Å². The molecule has 0 aromatic carbocycles. The van der Waals surface area contributed by atoms with Gasteiger partial charge in [0, 0.05) is 7.05 Å². The van der Waals surface area contributed by atoms with Crippen LogP contribution in [0.2, 0.25) is 0 Å². The number of nitrogens with two attached hydrogens (primary N) is 1. The van der Waals surface area contributed by atoms with Crippen molar-refractivity contribution in [2.45, 2.75) is 53.1 Å². The maximum Gasteiger partial charge on any atom is 0.236 e. The van der Waals surface area contributed by atoms with Crippen LogP contribution in [0.5, 0.6) is 5.88 Å². The zero-order valence-corrected chi connectivity index (χ0v) is 12.8. The van der Waals surface area contributed by atoms with Crippen LogP contribution >= 0.6 is 0 Å². The van der Waals surface area contributed by atoms with Gasteiger partial charge >= 0.3 is 0 Å². The average molecular weight is 265 g/mol. The van der Waals surface area contributed by atoms with Crippen molar-refractivity contribution in [1.29, 1.82) is 0 Å². The molecule has 0 radical (unpaired) electrons. The summed E-state index contributed by atoms with van der Waals surface area (Å²) in [7, 11) is 1.90. The first kappa shape index (κ1) is 14.2.